The molecule has 0 unspecified atom stereocenters. The Balaban J connectivity index is 0.000000142. The number of aliphatic imine (C=N–C) groups is 2. The third-order valence-electron chi connectivity index (χ3n) is 19.0. The van der Waals surface area contributed by atoms with E-state index in [0.717, 1.165) is 54.6 Å². The summed E-state index contributed by atoms with van der Waals surface area (Å²) in [6.07, 6.45) is 31.4. The fourth-order valence-corrected chi connectivity index (χ4v) is 14.9. The number of aromatic amines is 1. The molecule has 0 saturated carbocycles. The van der Waals surface area contributed by atoms with Crippen LogP contribution in [0, 0.1) is 0 Å². The minimum Gasteiger partial charge on any atom is -0.480 e. The number of methoxy groups -OCH3 is 2. The highest BCUT2D eigenvalue weighted by molar-refractivity contribution is 6.76. The number of aromatic nitrogens is 24. The van der Waals surface area contributed by atoms with Crippen molar-refractivity contribution < 1.29 is 39.9 Å². The SMILES string of the molecule is CCCn1c(=O)c2c(n3ccnc13)N=C(c1cnn(CC(=O)O)c1)C2.CCCn1c(=O)c2c(n3ccnc13)N=C(c1cnn(CC(=O)OC)c1)C2.CCCn1c(=O)c2c(nc(-c3cn[nH]c3)n2COCC[Si](C)(C)C)n2ccnc12.CCCn1c(=O)c2c(nc(-c3cnn(CC(=O)OC)c3)n2COCC[Si](C)(C)C)n2ccnc12.[HH]. The van der Waals surface area contributed by atoms with Gasteiger partial charge >= 0.3 is 17.9 Å². The van der Waals surface area contributed by atoms with Crippen LogP contribution in [0.4, 0.5) is 11.6 Å². The van der Waals surface area contributed by atoms with E-state index in [1.165, 1.54) is 28.3 Å². The number of carbonyl (C=O) groups is 3. The molecule has 0 aromatic carbocycles. The standard InChI is InChI=1S/C22H31N7O4Si.C19H27N7O2Si.C17H18N6O3.C16H16N6O3.H2/c1-6-8-28-21(31)18-20(27-9-7-23-22(27)28)25-19(29(18)15-33-10-11-34(3,4)5)16-12-24-26(13-16)14-17(30)32-2;1-5-7-25-18(27)15-17(24-8-6-20-19(24)25)23-16(14-11-21-22-12-14)26(15)13-28-9-10-29(2,3)4;1-3-5-23-16(25)12-7-13(20-15(12)22-6-4-18-17(22)23)11-8-19-21(9-11)10-14(24)26-2;1-2-4-22-15(25)11-6-12(10-7-18-20(8-10)9-13(23)24)19-14(11)21-5-3-17-16(21)22;/h7,9,12-13H,6,8,10-11,14-15H2,1-5H3;6,8,11-12H,5,7,9-10,13H2,1-4H3,(H,21,22);4,6,8-9H,3,5,7,10H2,1-2H3;3,5,7-8H,2,4,6,9H2,1H3,(H,23,24);1H. The van der Waals surface area contributed by atoms with Crippen molar-refractivity contribution in [1.29, 1.82) is 0 Å². The number of nitrogens with one attached hydrogen (secondary N) is 1. The molecule has 14 aromatic rings. The number of carboxylic acids is 1. The lowest BCUT2D eigenvalue weighted by Gasteiger charge is -2.16. The van der Waals surface area contributed by atoms with Gasteiger partial charge in [-0.15, -0.1) is 0 Å². The smallest absolute Gasteiger partial charge is 0.327 e. The molecule has 0 saturated heterocycles. The van der Waals surface area contributed by atoms with Crippen LogP contribution in [0.25, 0.3) is 68.2 Å². The Morgan fingerprint density at radius 2 is 0.851 bits per heavy atom. The minimum absolute atomic E-state index is 0. The summed E-state index contributed by atoms with van der Waals surface area (Å²) in [4.78, 5) is 123. The number of aryl methyl sites for hydroxylation is 4. The Kier molecular flexibility index (Phi) is 23.7. The number of carboxylic acid groups (broad SMARTS) is 1. The van der Waals surface area contributed by atoms with Crippen LogP contribution in [-0.2, 0) is 105 Å². The number of carbonyl (C=O) groups excluding carboxylic acids is 2. The molecule has 0 radical (unpaired) electrons. The second kappa shape index (κ2) is 33.9. The van der Waals surface area contributed by atoms with Crippen molar-refractivity contribution in [2.75, 3.05) is 27.4 Å². The summed E-state index contributed by atoms with van der Waals surface area (Å²) in [6, 6.07) is 2.07. The lowest BCUT2D eigenvalue weighted by molar-refractivity contribution is -0.142. The highest BCUT2D eigenvalue weighted by Crippen LogP contribution is 2.31. The van der Waals surface area contributed by atoms with Gasteiger partial charge in [-0.05, 0) is 37.8 Å². The third-order valence-corrected chi connectivity index (χ3v) is 22.4. The molecule has 0 bridgehead atoms. The average molecular weight is 1600 g/mol. The fourth-order valence-electron chi connectivity index (χ4n) is 13.4. The van der Waals surface area contributed by atoms with Crippen LogP contribution in [0.2, 0.25) is 51.4 Å². The Labute approximate surface area is 653 Å². The molecular weight excluding hydrogens is 1500 g/mol. The monoisotopic (exact) mass is 1590 g/mol. The number of esters is 2. The maximum atomic E-state index is 13.6. The molecule has 600 valence electrons. The first kappa shape index (κ1) is 79.6. The van der Waals surface area contributed by atoms with Gasteiger partial charge in [0.1, 0.15) is 56.4 Å². The van der Waals surface area contributed by atoms with Gasteiger partial charge in [-0.3, -0.25) is 97.7 Å². The molecule has 0 fully saturated rings. The van der Waals surface area contributed by atoms with E-state index in [2.05, 4.69) is 99.4 Å². The van der Waals surface area contributed by atoms with E-state index in [9.17, 15) is 33.6 Å². The zero-order chi connectivity index (χ0) is 80.9. The predicted octanol–water partition coefficient (Wildman–Crippen LogP) is 7.63. The van der Waals surface area contributed by atoms with E-state index in [0.29, 0.717) is 149 Å². The molecule has 0 spiro atoms. The normalized spacial score (nSPS) is 12.7. The van der Waals surface area contributed by atoms with E-state index >= 15 is 0 Å². The van der Waals surface area contributed by atoms with Gasteiger partial charge in [0.25, 0.3) is 22.2 Å². The van der Waals surface area contributed by atoms with Crippen molar-refractivity contribution in [3.05, 3.63) is 163 Å². The topological polar surface area (TPSA) is 408 Å². The summed E-state index contributed by atoms with van der Waals surface area (Å²) in [6.45, 7) is 25.8. The number of nitrogens with zero attached hydrogens (tertiary/aromatic N) is 25. The predicted molar refractivity (Wildman–Crippen MR) is 431 cm³/mol. The van der Waals surface area contributed by atoms with Gasteiger partial charge in [0.05, 0.1) is 72.7 Å². The van der Waals surface area contributed by atoms with E-state index in [-0.39, 0.29) is 62.7 Å². The van der Waals surface area contributed by atoms with Crippen LogP contribution >= 0.6 is 0 Å². The van der Waals surface area contributed by atoms with Crippen molar-refractivity contribution in [2.45, 2.75) is 177 Å². The molecule has 0 atom stereocenters. The van der Waals surface area contributed by atoms with Crippen molar-refractivity contribution in [3.63, 3.8) is 0 Å². The summed E-state index contributed by atoms with van der Waals surface area (Å²) in [7, 11) is 0.200. The van der Waals surface area contributed by atoms with Gasteiger partial charge in [0, 0.05) is 155 Å². The van der Waals surface area contributed by atoms with Gasteiger partial charge < -0.3 is 24.1 Å². The number of hydrogen-bond acceptors (Lipinski definition) is 23. The van der Waals surface area contributed by atoms with Gasteiger partial charge in [-0.1, -0.05) is 67.0 Å². The lowest BCUT2D eigenvalue weighted by atomic mass is 10.1. The van der Waals surface area contributed by atoms with Crippen LogP contribution in [0.3, 0.4) is 0 Å². The Morgan fingerprint density at radius 3 is 1.23 bits per heavy atom. The molecule has 114 heavy (non-hydrogen) atoms. The molecule has 2 aliphatic heterocycles. The molecule has 0 aliphatic carbocycles. The average Bonchev–Trinajstić information content (AvgIpc) is 1.59. The lowest BCUT2D eigenvalue weighted by Crippen LogP contribution is -2.26. The minimum atomic E-state index is -1.27. The second-order valence-electron chi connectivity index (χ2n) is 29.9. The second-order valence-corrected chi connectivity index (χ2v) is 41.1. The molecule has 0 amide bonds. The van der Waals surface area contributed by atoms with Gasteiger partial charge in [-0.25, -0.2) is 39.9 Å². The zero-order valence-corrected chi connectivity index (χ0v) is 67.8. The molecule has 16 heterocycles. The molecule has 40 heteroatoms. The number of ether oxygens (including phenoxy) is 4. The fraction of sp³-hybridized carbons (Fsp3) is 0.419. The molecular formula is C74H94N26O12Si2. The molecule has 2 N–H and O–H groups in total. The Bertz CT molecular complexity index is 6220. The van der Waals surface area contributed by atoms with E-state index in [1.807, 2.05) is 62.3 Å². The number of H-pyrrole nitrogens is 1. The number of rotatable bonds is 28. The van der Waals surface area contributed by atoms with Crippen LogP contribution < -0.4 is 22.2 Å². The van der Waals surface area contributed by atoms with Crippen molar-refractivity contribution in [1.82, 2.24) is 114 Å². The van der Waals surface area contributed by atoms with Crippen LogP contribution in [0.15, 0.2) is 128 Å². The molecule has 38 nitrogen and oxygen atoms in total. The maximum absolute atomic E-state index is 13.6. The number of aliphatic carboxylic acids is 1. The molecule has 2 aliphatic rings. The van der Waals surface area contributed by atoms with Crippen molar-refractivity contribution >= 4 is 103 Å². The third kappa shape index (κ3) is 16.6. The van der Waals surface area contributed by atoms with Crippen LogP contribution in [-0.4, -0.2) is 192 Å². The summed E-state index contributed by atoms with van der Waals surface area (Å²) in [5, 5.41) is 28.2. The highest BCUT2D eigenvalue weighted by Gasteiger charge is 2.30. The van der Waals surface area contributed by atoms with Crippen LogP contribution in [0.1, 0.15) is 77.1 Å². The molecule has 16 rings (SSSR count). The highest BCUT2D eigenvalue weighted by atomic mass is 28.3. The quantitative estimate of drug-likeness (QED) is 0.0270. The van der Waals surface area contributed by atoms with Gasteiger partial charge in [0.15, 0.2) is 22.3 Å². The summed E-state index contributed by atoms with van der Waals surface area (Å²) >= 11 is 0. The largest absolute Gasteiger partial charge is 0.480 e. The molecule has 14 aromatic heterocycles. The number of imidazole rings is 6. The van der Waals surface area contributed by atoms with Crippen molar-refractivity contribution in [3.8, 4) is 22.8 Å². The maximum Gasteiger partial charge on any atom is 0.327 e. The Morgan fingerprint density at radius 1 is 0.482 bits per heavy atom. The number of hydrogen-bond donors (Lipinski definition) is 2. The summed E-state index contributed by atoms with van der Waals surface area (Å²) < 4.78 is 43.5. The van der Waals surface area contributed by atoms with Gasteiger partial charge in [0.2, 0.25) is 23.1 Å². The van der Waals surface area contributed by atoms with Gasteiger partial charge in [-0.2, -0.15) is 20.4 Å². The van der Waals surface area contributed by atoms with Crippen LogP contribution in [0.5, 0.6) is 0 Å². The first-order chi connectivity index (χ1) is 54.8. The van der Waals surface area contributed by atoms with Crippen molar-refractivity contribution in [2.24, 2.45) is 9.98 Å². The first-order valence-corrected chi connectivity index (χ1v) is 45.1. The van der Waals surface area contributed by atoms with E-state index in [4.69, 9.17) is 29.3 Å². The van der Waals surface area contributed by atoms with E-state index in [1.54, 1.807) is 110 Å². The Hall–Kier alpha value is -12.4. The first-order valence-electron chi connectivity index (χ1n) is 37.7. The zero-order valence-electron chi connectivity index (χ0n) is 65.8. The number of fused-ring (bicyclic) bond motifs is 12. The summed E-state index contributed by atoms with van der Waals surface area (Å²) in [5.74, 6) is 3.00. The summed E-state index contributed by atoms with van der Waals surface area (Å²) in [5.41, 5.74) is 7.37. The van der Waals surface area contributed by atoms with E-state index < -0.39 is 28.1 Å².